The molecule has 0 saturated heterocycles. The van der Waals surface area contributed by atoms with E-state index in [0.29, 0.717) is 21.4 Å². The summed E-state index contributed by atoms with van der Waals surface area (Å²) in [7, 11) is 0. The van der Waals surface area contributed by atoms with Crippen LogP contribution < -0.4 is 10.5 Å². The number of ether oxygens (including phenoxy) is 1. The van der Waals surface area contributed by atoms with Gasteiger partial charge in [0.15, 0.2) is 0 Å². The molecule has 0 aliphatic rings. The van der Waals surface area contributed by atoms with Crippen LogP contribution >= 0.6 is 23.2 Å². The first kappa shape index (κ1) is 13.6. The van der Waals surface area contributed by atoms with Crippen LogP contribution in [-0.2, 0) is 0 Å². The Hall–Kier alpha value is -1.78. The first-order valence-electron chi connectivity index (χ1n) is 5.42. The van der Waals surface area contributed by atoms with Crippen LogP contribution in [0.5, 0.6) is 11.6 Å². The molecule has 0 bridgehead atoms. The van der Waals surface area contributed by atoms with Crippen molar-refractivity contribution in [3.8, 4) is 11.6 Å². The highest BCUT2D eigenvalue weighted by molar-refractivity contribution is 6.42. The number of nitrogens with two attached hydrogens (primary N) is 1. The molecule has 0 aliphatic heterocycles. The topological polar surface area (TPSA) is 72.0 Å². The fourth-order valence-electron chi connectivity index (χ4n) is 1.59. The van der Waals surface area contributed by atoms with Crippen LogP contribution in [0.2, 0.25) is 10.0 Å². The molecule has 2 rings (SSSR count). The SMILES string of the molecule is Cc1ccnc(Oc2ccc(Cl)c(Cl)c2)c1C(=N)N. The van der Waals surface area contributed by atoms with Crippen molar-refractivity contribution in [3.63, 3.8) is 0 Å². The van der Waals surface area contributed by atoms with Crippen LogP contribution in [0.4, 0.5) is 0 Å². The van der Waals surface area contributed by atoms with Crippen LogP contribution in [0.25, 0.3) is 0 Å². The first-order valence-corrected chi connectivity index (χ1v) is 6.17. The maximum Gasteiger partial charge on any atom is 0.230 e. The van der Waals surface area contributed by atoms with Crippen LogP contribution in [0.15, 0.2) is 30.5 Å². The zero-order valence-corrected chi connectivity index (χ0v) is 11.6. The quantitative estimate of drug-likeness (QED) is 0.669. The fraction of sp³-hybridized carbons (Fsp3) is 0.0769. The van der Waals surface area contributed by atoms with Crippen molar-refractivity contribution in [2.45, 2.75) is 6.92 Å². The minimum Gasteiger partial charge on any atom is -0.438 e. The average molecular weight is 296 g/mol. The lowest BCUT2D eigenvalue weighted by Crippen LogP contribution is -2.14. The van der Waals surface area contributed by atoms with E-state index in [1.165, 1.54) is 0 Å². The van der Waals surface area contributed by atoms with Gasteiger partial charge in [0.05, 0.1) is 15.6 Å². The average Bonchev–Trinajstić information content (AvgIpc) is 2.33. The number of aromatic nitrogens is 1. The van der Waals surface area contributed by atoms with Gasteiger partial charge in [0.25, 0.3) is 0 Å². The van der Waals surface area contributed by atoms with Crippen LogP contribution in [-0.4, -0.2) is 10.8 Å². The van der Waals surface area contributed by atoms with E-state index < -0.39 is 0 Å². The Morgan fingerprint density at radius 1 is 1.26 bits per heavy atom. The second kappa shape index (κ2) is 5.47. The molecule has 1 aromatic heterocycles. The van der Waals surface area contributed by atoms with Crippen molar-refractivity contribution in [2.24, 2.45) is 5.73 Å². The zero-order valence-electron chi connectivity index (χ0n) is 10.1. The van der Waals surface area contributed by atoms with Crippen molar-refractivity contribution in [2.75, 3.05) is 0 Å². The normalized spacial score (nSPS) is 10.3. The Kier molecular flexibility index (Phi) is 3.93. The lowest BCUT2D eigenvalue weighted by Gasteiger charge is -2.11. The maximum absolute atomic E-state index is 7.57. The van der Waals surface area contributed by atoms with Gasteiger partial charge in [-0.3, -0.25) is 5.41 Å². The second-order valence-corrected chi connectivity index (χ2v) is 4.71. The lowest BCUT2D eigenvalue weighted by molar-refractivity contribution is 0.461. The van der Waals surface area contributed by atoms with Crippen LogP contribution in [0, 0.1) is 12.3 Å². The summed E-state index contributed by atoms with van der Waals surface area (Å²) in [5, 5.41) is 8.40. The number of nitrogens with zero attached hydrogens (tertiary/aromatic N) is 1. The highest BCUT2D eigenvalue weighted by Crippen LogP contribution is 2.30. The molecule has 0 atom stereocenters. The summed E-state index contributed by atoms with van der Waals surface area (Å²) < 4.78 is 5.61. The Labute approximate surface area is 120 Å². The van der Waals surface area contributed by atoms with E-state index in [1.54, 1.807) is 30.5 Å². The number of aryl methyl sites for hydroxylation is 1. The molecular weight excluding hydrogens is 285 g/mol. The minimum atomic E-state index is -0.0966. The van der Waals surface area contributed by atoms with E-state index in [9.17, 15) is 0 Å². The number of hydrogen-bond donors (Lipinski definition) is 2. The highest BCUT2D eigenvalue weighted by atomic mass is 35.5. The van der Waals surface area contributed by atoms with Crippen molar-refractivity contribution < 1.29 is 4.74 Å². The standard InChI is InChI=1S/C13H11Cl2N3O/c1-7-4-5-18-13(11(7)12(16)17)19-8-2-3-9(14)10(15)6-8/h2-6H,1H3,(H3,16,17). The smallest absolute Gasteiger partial charge is 0.230 e. The second-order valence-electron chi connectivity index (χ2n) is 3.90. The predicted octanol–water partition coefficient (Wildman–Crippen LogP) is 3.77. The summed E-state index contributed by atoms with van der Waals surface area (Å²) in [6, 6.07) is 6.64. The van der Waals surface area contributed by atoms with Gasteiger partial charge in [-0.15, -0.1) is 0 Å². The molecule has 0 fully saturated rings. The number of amidine groups is 1. The highest BCUT2D eigenvalue weighted by Gasteiger charge is 2.12. The van der Waals surface area contributed by atoms with Gasteiger partial charge in [0.2, 0.25) is 5.88 Å². The molecule has 0 aliphatic carbocycles. The molecular formula is C13H11Cl2N3O. The first-order chi connectivity index (χ1) is 8.99. The summed E-state index contributed by atoms with van der Waals surface area (Å²) in [5.41, 5.74) is 6.82. The zero-order chi connectivity index (χ0) is 14.0. The van der Waals surface area contributed by atoms with Gasteiger partial charge in [0.1, 0.15) is 11.6 Å². The van der Waals surface area contributed by atoms with Gasteiger partial charge >= 0.3 is 0 Å². The molecule has 0 amide bonds. The molecule has 98 valence electrons. The van der Waals surface area contributed by atoms with Crippen molar-refractivity contribution in [1.29, 1.82) is 5.41 Å². The number of pyridine rings is 1. The van der Waals surface area contributed by atoms with E-state index >= 15 is 0 Å². The van der Waals surface area contributed by atoms with Crippen molar-refractivity contribution >= 4 is 29.0 Å². The monoisotopic (exact) mass is 295 g/mol. The molecule has 1 aromatic carbocycles. The van der Waals surface area contributed by atoms with E-state index in [0.717, 1.165) is 5.56 Å². The Bertz CT molecular complexity index is 644. The molecule has 0 unspecified atom stereocenters. The third-order valence-electron chi connectivity index (χ3n) is 2.50. The van der Waals surface area contributed by atoms with E-state index in [2.05, 4.69) is 4.98 Å². The number of halogens is 2. The summed E-state index contributed by atoms with van der Waals surface area (Å²) in [4.78, 5) is 4.09. The summed E-state index contributed by atoms with van der Waals surface area (Å²) in [5.74, 6) is 0.654. The van der Waals surface area contributed by atoms with Crippen LogP contribution in [0.1, 0.15) is 11.1 Å². The third-order valence-corrected chi connectivity index (χ3v) is 3.24. The Balaban J connectivity index is 2.40. The van der Waals surface area contributed by atoms with Crippen molar-refractivity contribution in [3.05, 3.63) is 51.6 Å². The number of nitrogens with one attached hydrogen (secondary N) is 1. The lowest BCUT2D eigenvalue weighted by atomic mass is 10.1. The predicted molar refractivity (Wildman–Crippen MR) is 76.5 cm³/mol. The summed E-state index contributed by atoms with van der Waals surface area (Å²) in [6.07, 6.45) is 1.59. The molecule has 0 saturated carbocycles. The van der Waals surface area contributed by atoms with Gasteiger partial charge in [-0.25, -0.2) is 4.98 Å². The number of rotatable bonds is 3. The molecule has 3 N–H and O–H groups in total. The third kappa shape index (κ3) is 2.97. The van der Waals surface area contributed by atoms with Gasteiger partial charge in [-0.05, 0) is 30.7 Å². The van der Waals surface area contributed by atoms with Gasteiger partial charge in [-0.1, -0.05) is 23.2 Å². The molecule has 2 aromatic rings. The molecule has 4 nitrogen and oxygen atoms in total. The maximum atomic E-state index is 7.57. The largest absolute Gasteiger partial charge is 0.438 e. The van der Waals surface area contributed by atoms with E-state index in [1.807, 2.05) is 6.92 Å². The number of hydrogen-bond acceptors (Lipinski definition) is 3. The van der Waals surface area contributed by atoms with E-state index in [-0.39, 0.29) is 11.7 Å². The van der Waals surface area contributed by atoms with Gasteiger partial charge in [-0.2, -0.15) is 0 Å². The molecule has 6 heteroatoms. The molecule has 0 radical (unpaired) electrons. The molecule has 19 heavy (non-hydrogen) atoms. The van der Waals surface area contributed by atoms with Gasteiger partial charge < -0.3 is 10.5 Å². The van der Waals surface area contributed by atoms with Crippen LogP contribution in [0.3, 0.4) is 0 Å². The summed E-state index contributed by atoms with van der Waals surface area (Å²) in [6.45, 7) is 1.83. The number of benzene rings is 1. The fourth-order valence-corrected chi connectivity index (χ4v) is 1.88. The summed E-state index contributed by atoms with van der Waals surface area (Å²) >= 11 is 11.7. The Morgan fingerprint density at radius 2 is 2.00 bits per heavy atom. The molecule has 0 spiro atoms. The Morgan fingerprint density at radius 3 is 2.63 bits per heavy atom. The number of nitrogen functional groups attached to an aromatic ring is 1. The minimum absolute atomic E-state index is 0.0966. The van der Waals surface area contributed by atoms with Gasteiger partial charge in [0, 0.05) is 12.3 Å². The van der Waals surface area contributed by atoms with Crippen molar-refractivity contribution in [1.82, 2.24) is 4.98 Å². The molecule has 1 heterocycles. The van der Waals surface area contributed by atoms with E-state index in [4.69, 9.17) is 39.1 Å².